The SMILES string of the molecule is CCCNC(=O)CCSSc1cccc(C(C)(C)CN2C(=O)C=CC2=O)n1. The van der Waals surface area contributed by atoms with E-state index >= 15 is 0 Å². The normalized spacial score (nSPS) is 14.1. The minimum atomic E-state index is -0.460. The molecule has 3 amide bonds. The van der Waals surface area contributed by atoms with Crippen molar-refractivity contribution in [2.45, 2.75) is 44.1 Å². The van der Waals surface area contributed by atoms with Gasteiger partial charge in [-0.15, -0.1) is 0 Å². The maximum absolute atomic E-state index is 11.8. The van der Waals surface area contributed by atoms with Crippen molar-refractivity contribution < 1.29 is 14.4 Å². The summed E-state index contributed by atoms with van der Waals surface area (Å²) < 4.78 is 0. The lowest BCUT2D eigenvalue weighted by atomic mass is 9.88. The number of nitrogens with zero attached hydrogens (tertiary/aromatic N) is 2. The summed E-state index contributed by atoms with van der Waals surface area (Å²) in [7, 11) is 3.11. The highest BCUT2D eigenvalue weighted by atomic mass is 33.1. The molecular formula is C19H25N3O3S2. The van der Waals surface area contributed by atoms with E-state index < -0.39 is 5.41 Å². The second kappa shape index (κ2) is 9.94. The predicted molar refractivity (Wildman–Crippen MR) is 109 cm³/mol. The fraction of sp³-hybridized carbons (Fsp3) is 0.474. The van der Waals surface area contributed by atoms with Gasteiger partial charge in [-0.05, 0) is 29.3 Å². The van der Waals surface area contributed by atoms with Crippen molar-refractivity contribution in [3.8, 4) is 0 Å². The third-order valence-corrected chi connectivity index (χ3v) is 6.25. The Kier molecular flexibility index (Phi) is 7.91. The molecule has 0 radical (unpaired) electrons. The van der Waals surface area contributed by atoms with Crippen molar-refractivity contribution in [3.63, 3.8) is 0 Å². The van der Waals surface area contributed by atoms with Crippen LogP contribution in [0.1, 0.15) is 39.3 Å². The Bertz CT molecular complexity index is 717. The molecule has 27 heavy (non-hydrogen) atoms. The molecule has 1 N–H and O–H groups in total. The summed E-state index contributed by atoms with van der Waals surface area (Å²) in [6.07, 6.45) is 4.01. The number of carbonyl (C=O) groups is 3. The molecule has 8 heteroatoms. The quantitative estimate of drug-likeness (QED) is 0.365. The molecule has 1 aliphatic heterocycles. The zero-order chi connectivity index (χ0) is 19.9. The Balaban J connectivity index is 1.89. The van der Waals surface area contributed by atoms with Crippen molar-refractivity contribution in [1.82, 2.24) is 15.2 Å². The monoisotopic (exact) mass is 407 g/mol. The summed E-state index contributed by atoms with van der Waals surface area (Å²) in [6.45, 7) is 6.95. The summed E-state index contributed by atoms with van der Waals surface area (Å²) in [4.78, 5) is 41.1. The van der Waals surface area contributed by atoms with E-state index in [0.29, 0.717) is 18.7 Å². The van der Waals surface area contributed by atoms with Gasteiger partial charge >= 0.3 is 0 Å². The summed E-state index contributed by atoms with van der Waals surface area (Å²) in [5.74, 6) is 0.213. The largest absolute Gasteiger partial charge is 0.356 e. The Labute approximate surface area is 168 Å². The minimum Gasteiger partial charge on any atom is -0.356 e. The van der Waals surface area contributed by atoms with Crippen molar-refractivity contribution in [3.05, 3.63) is 36.0 Å². The van der Waals surface area contributed by atoms with E-state index in [9.17, 15) is 14.4 Å². The van der Waals surface area contributed by atoms with E-state index in [2.05, 4.69) is 10.3 Å². The van der Waals surface area contributed by atoms with E-state index in [1.165, 1.54) is 27.8 Å². The topological polar surface area (TPSA) is 79.4 Å². The lowest BCUT2D eigenvalue weighted by molar-refractivity contribution is -0.137. The Morgan fingerprint density at radius 1 is 1.22 bits per heavy atom. The molecule has 0 spiro atoms. The van der Waals surface area contributed by atoms with Crippen LogP contribution in [0.5, 0.6) is 0 Å². The molecule has 0 fully saturated rings. The smallest absolute Gasteiger partial charge is 0.253 e. The third kappa shape index (κ3) is 6.39. The molecule has 0 aromatic carbocycles. The maximum atomic E-state index is 11.8. The van der Waals surface area contributed by atoms with Gasteiger partial charge in [-0.3, -0.25) is 19.3 Å². The molecule has 146 valence electrons. The Morgan fingerprint density at radius 2 is 1.93 bits per heavy atom. The molecule has 1 aliphatic rings. The Morgan fingerprint density at radius 3 is 2.59 bits per heavy atom. The predicted octanol–water partition coefficient (Wildman–Crippen LogP) is 2.94. The first kappa shape index (κ1) is 21.5. The van der Waals surface area contributed by atoms with Crippen LogP contribution in [0, 0.1) is 0 Å². The zero-order valence-electron chi connectivity index (χ0n) is 15.9. The molecule has 0 saturated carbocycles. The second-order valence-corrected chi connectivity index (χ2v) is 9.28. The highest BCUT2D eigenvalue weighted by Gasteiger charge is 2.32. The van der Waals surface area contributed by atoms with Crippen LogP contribution >= 0.6 is 21.6 Å². The molecular weight excluding hydrogens is 382 g/mol. The fourth-order valence-electron chi connectivity index (χ4n) is 2.49. The number of hydrogen-bond acceptors (Lipinski definition) is 6. The first-order valence-electron chi connectivity index (χ1n) is 8.90. The van der Waals surface area contributed by atoms with Gasteiger partial charge in [0.15, 0.2) is 0 Å². The zero-order valence-corrected chi connectivity index (χ0v) is 17.5. The number of hydrogen-bond donors (Lipinski definition) is 1. The van der Waals surface area contributed by atoms with Crippen LogP contribution in [0.4, 0.5) is 0 Å². The molecule has 0 aliphatic carbocycles. The van der Waals surface area contributed by atoms with Gasteiger partial charge in [0.05, 0.1) is 0 Å². The maximum Gasteiger partial charge on any atom is 0.253 e. The molecule has 2 rings (SSSR count). The van der Waals surface area contributed by atoms with Crippen molar-refractivity contribution in [1.29, 1.82) is 0 Å². The molecule has 0 unspecified atom stereocenters. The van der Waals surface area contributed by atoms with Crippen molar-refractivity contribution >= 4 is 39.3 Å². The van der Waals surface area contributed by atoms with Crippen LogP contribution in [-0.2, 0) is 19.8 Å². The van der Waals surface area contributed by atoms with E-state index in [-0.39, 0.29) is 24.3 Å². The first-order chi connectivity index (χ1) is 12.8. The number of aromatic nitrogens is 1. The van der Waals surface area contributed by atoms with Gasteiger partial charge in [-0.1, -0.05) is 37.6 Å². The van der Waals surface area contributed by atoms with E-state index in [4.69, 9.17) is 0 Å². The second-order valence-electron chi connectivity index (χ2n) is 6.85. The van der Waals surface area contributed by atoms with Crippen molar-refractivity contribution in [2.24, 2.45) is 0 Å². The van der Waals surface area contributed by atoms with E-state index in [1.807, 2.05) is 39.0 Å². The van der Waals surface area contributed by atoms with Gasteiger partial charge in [-0.2, -0.15) is 0 Å². The molecule has 0 bridgehead atoms. The molecule has 1 aromatic heterocycles. The summed E-state index contributed by atoms with van der Waals surface area (Å²) in [5.41, 5.74) is 0.361. The summed E-state index contributed by atoms with van der Waals surface area (Å²) in [5, 5.41) is 3.70. The van der Waals surface area contributed by atoms with E-state index in [0.717, 1.165) is 17.1 Å². The Hall–Kier alpha value is -1.80. The van der Waals surface area contributed by atoms with Gasteiger partial charge in [-0.25, -0.2) is 4.98 Å². The van der Waals surface area contributed by atoms with Gasteiger partial charge < -0.3 is 5.32 Å². The van der Waals surface area contributed by atoms with Crippen LogP contribution in [0.15, 0.2) is 35.4 Å². The number of amides is 3. The number of nitrogens with one attached hydrogen (secondary N) is 1. The molecule has 0 saturated heterocycles. The van der Waals surface area contributed by atoms with Crippen LogP contribution < -0.4 is 5.32 Å². The lowest BCUT2D eigenvalue weighted by Gasteiger charge is -2.28. The molecule has 2 heterocycles. The number of imide groups is 1. The minimum absolute atomic E-state index is 0.0707. The van der Waals surface area contributed by atoms with Crippen LogP contribution in [0.3, 0.4) is 0 Å². The number of rotatable bonds is 10. The molecule has 1 aromatic rings. The highest BCUT2D eigenvalue weighted by Crippen LogP contribution is 2.32. The van der Waals surface area contributed by atoms with Gasteiger partial charge in [0.25, 0.3) is 11.8 Å². The molecule has 0 atom stereocenters. The van der Waals surface area contributed by atoms with Crippen LogP contribution in [0.25, 0.3) is 0 Å². The summed E-state index contributed by atoms with van der Waals surface area (Å²) >= 11 is 0. The van der Waals surface area contributed by atoms with E-state index in [1.54, 1.807) is 10.8 Å². The standard InChI is InChI=1S/C19H25N3O3S2/c1-4-11-20-15(23)10-12-26-27-16-7-5-6-14(21-16)19(2,3)13-22-17(24)8-9-18(22)25/h5-9H,4,10-13H2,1-3H3,(H,20,23). The van der Waals surface area contributed by atoms with Crippen LogP contribution in [-0.4, -0.2) is 46.4 Å². The highest BCUT2D eigenvalue weighted by molar-refractivity contribution is 8.76. The number of carbonyl (C=O) groups excluding carboxylic acids is 3. The average Bonchev–Trinajstić information content (AvgIpc) is 2.95. The van der Waals surface area contributed by atoms with Gasteiger partial charge in [0.1, 0.15) is 5.03 Å². The fourth-order valence-corrected chi connectivity index (χ4v) is 4.37. The van der Waals surface area contributed by atoms with Gasteiger partial charge in [0.2, 0.25) is 5.91 Å². The van der Waals surface area contributed by atoms with Crippen molar-refractivity contribution in [2.75, 3.05) is 18.8 Å². The first-order valence-corrected chi connectivity index (χ1v) is 11.2. The summed E-state index contributed by atoms with van der Waals surface area (Å²) in [6, 6.07) is 5.75. The number of pyridine rings is 1. The molecule has 6 nitrogen and oxygen atoms in total. The third-order valence-electron chi connectivity index (χ3n) is 4.00. The average molecular weight is 408 g/mol. The lowest BCUT2D eigenvalue weighted by Crippen LogP contribution is -2.41. The van der Waals surface area contributed by atoms with Crippen LogP contribution in [0.2, 0.25) is 0 Å². The van der Waals surface area contributed by atoms with Gasteiger partial charge in [0, 0.05) is 48.5 Å².